The summed E-state index contributed by atoms with van der Waals surface area (Å²) in [5.74, 6) is 1.44. The average molecular weight is 320 g/mol. The lowest BCUT2D eigenvalue weighted by Crippen LogP contribution is -2.44. The zero-order valence-electron chi connectivity index (χ0n) is 12.1. The fourth-order valence-electron chi connectivity index (χ4n) is 2.30. The van der Waals surface area contributed by atoms with Crippen LogP contribution in [0.1, 0.15) is 5.56 Å². The van der Waals surface area contributed by atoms with E-state index < -0.39 is 0 Å². The summed E-state index contributed by atoms with van der Waals surface area (Å²) in [5, 5.41) is 3.98. The summed E-state index contributed by atoms with van der Waals surface area (Å²) in [4.78, 5) is 10.8. The van der Waals surface area contributed by atoms with Gasteiger partial charge in [0, 0.05) is 31.2 Å². The highest BCUT2D eigenvalue weighted by atomic mass is 35.5. The largest absolute Gasteiger partial charge is 0.470 e. The fourth-order valence-corrected chi connectivity index (χ4v) is 2.52. The lowest BCUT2D eigenvalue weighted by Gasteiger charge is -2.28. The first kappa shape index (κ1) is 14.9. The van der Waals surface area contributed by atoms with Gasteiger partial charge >= 0.3 is 0 Å². The minimum Gasteiger partial charge on any atom is -0.470 e. The third kappa shape index (κ3) is 3.58. The Hall–Kier alpha value is -2.05. The van der Waals surface area contributed by atoms with Gasteiger partial charge in [0.15, 0.2) is 11.6 Å². The van der Waals surface area contributed by atoms with Crippen LogP contribution in [0.15, 0.2) is 30.5 Å². The minimum absolute atomic E-state index is 0.293. The molecule has 1 aromatic carbocycles. The van der Waals surface area contributed by atoms with Crippen molar-refractivity contribution >= 4 is 23.2 Å². The van der Waals surface area contributed by atoms with Crippen LogP contribution >= 0.6 is 11.6 Å². The van der Waals surface area contributed by atoms with Gasteiger partial charge in [-0.25, -0.2) is 4.98 Å². The standard InChI is InChI=1S/C15H18ClN5O/c16-12-3-1-2-11(8-12)10-22-15-14(17)19-9-13(20-15)21-6-4-18-5-7-21/h1-3,8-9,18H,4-7,10H2,(H2,17,19). The van der Waals surface area contributed by atoms with Crippen LogP contribution in [-0.2, 0) is 6.61 Å². The number of benzene rings is 1. The van der Waals surface area contributed by atoms with Gasteiger partial charge in [0.2, 0.25) is 0 Å². The van der Waals surface area contributed by atoms with Crippen molar-refractivity contribution in [3.63, 3.8) is 0 Å². The lowest BCUT2D eigenvalue weighted by atomic mass is 10.2. The second-order valence-corrected chi connectivity index (χ2v) is 5.51. The van der Waals surface area contributed by atoms with Crippen molar-refractivity contribution in [2.24, 2.45) is 0 Å². The van der Waals surface area contributed by atoms with E-state index in [9.17, 15) is 0 Å². The maximum atomic E-state index is 5.96. The van der Waals surface area contributed by atoms with Crippen LogP contribution in [0.2, 0.25) is 5.02 Å². The molecule has 0 spiro atoms. The topological polar surface area (TPSA) is 76.3 Å². The Morgan fingerprint density at radius 3 is 2.91 bits per heavy atom. The summed E-state index contributed by atoms with van der Waals surface area (Å²) in [7, 11) is 0. The Labute approximate surface area is 134 Å². The SMILES string of the molecule is Nc1ncc(N2CCNCC2)nc1OCc1cccc(Cl)c1. The second kappa shape index (κ2) is 6.81. The smallest absolute Gasteiger partial charge is 0.259 e. The number of anilines is 2. The molecule has 0 unspecified atom stereocenters. The van der Waals surface area contributed by atoms with Gasteiger partial charge in [-0.1, -0.05) is 23.7 Å². The third-order valence-electron chi connectivity index (χ3n) is 3.46. The van der Waals surface area contributed by atoms with E-state index in [2.05, 4.69) is 20.2 Å². The van der Waals surface area contributed by atoms with Crippen LogP contribution in [0.5, 0.6) is 5.88 Å². The Kier molecular flexibility index (Phi) is 4.60. The summed E-state index contributed by atoms with van der Waals surface area (Å²) in [5.41, 5.74) is 6.82. The van der Waals surface area contributed by atoms with Crippen molar-refractivity contribution < 1.29 is 4.74 Å². The maximum absolute atomic E-state index is 5.96. The molecule has 22 heavy (non-hydrogen) atoms. The van der Waals surface area contributed by atoms with Crippen molar-refractivity contribution in [2.45, 2.75) is 6.61 Å². The number of ether oxygens (including phenoxy) is 1. The molecular formula is C15H18ClN5O. The van der Waals surface area contributed by atoms with Crippen LogP contribution in [-0.4, -0.2) is 36.1 Å². The number of aromatic nitrogens is 2. The van der Waals surface area contributed by atoms with E-state index in [1.165, 1.54) is 0 Å². The molecule has 1 aliphatic rings. The van der Waals surface area contributed by atoms with Crippen LogP contribution in [0.3, 0.4) is 0 Å². The molecule has 1 aliphatic heterocycles. The van der Waals surface area contributed by atoms with Gasteiger partial charge < -0.3 is 20.7 Å². The number of hydrogen-bond donors (Lipinski definition) is 2. The third-order valence-corrected chi connectivity index (χ3v) is 3.69. The van der Waals surface area contributed by atoms with E-state index in [4.69, 9.17) is 22.1 Å². The van der Waals surface area contributed by atoms with E-state index in [0.29, 0.717) is 23.3 Å². The Morgan fingerprint density at radius 2 is 2.14 bits per heavy atom. The first-order valence-corrected chi connectivity index (χ1v) is 7.55. The highest BCUT2D eigenvalue weighted by molar-refractivity contribution is 6.30. The lowest BCUT2D eigenvalue weighted by molar-refractivity contribution is 0.294. The van der Waals surface area contributed by atoms with E-state index in [1.54, 1.807) is 6.20 Å². The first-order valence-electron chi connectivity index (χ1n) is 7.18. The molecule has 0 atom stereocenters. The van der Waals surface area contributed by atoms with Crippen LogP contribution in [0.25, 0.3) is 0 Å². The normalized spacial score (nSPS) is 14.9. The number of nitrogen functional groups attached to an aromatic ring is 1. The highest BCUT2D eigenvalue weighted by Gasteiger charge is 2.14. The van der Waals surface area contributed by atoms with Crippen molar-refractivity contribution in [1.82, 2.24) is 15.3 Å². The van der Waals surface area contributed by atoms with Crippen molar-refractivity contribution in [1.29, 1.82) is 0 Å². The number of nitrogens with one attached hydrogen (secondary N) is 1. The van der Waals surface area contributed by atoms with E-state index in [1.807, 2.05) is 24.3 Å². The van der Waals surface area contributed by atoms with Crippen LogP contribution < -0.4 is 20.7 Å². The molecule has 1 fully saturated rings. The zero-order chi connectivity index (χ0) is 15.4. The molecule has 7 heteroatoms. The summed E-state index contributed by atoms with van der Waals surface area (Å²) in [6.07, 6.45) is 1.69. The predicted molar refractivity (Wildman–Crippen MR) is 87.3 cm³/mol. The molecular weight excluding hydrogens is 302 g/mol. The van der Waals surface area contributed by atoms with E-state index in [0.717, 1.165) is 37.6 Å². The summed E-state index contributed by atoms with van der Waals surface area (Å²) in [6.45, 7) is 4.01. The second-order valence-electron chi connectivity index (χ2n) is 5.07. The molecule has 0 amide bonds. The molecule has 0 aliphatic carbocycles. The minimum atomic E-state index is 0.293. The van der Waals surface area contributed by atoms with Crippen molar-refractivity contribution in [2.75, 3.05) is 36.8 Å². The van der Waals surface area contributed by atoms with Crippen molar-refractivity contribution in [3.8, 4) is 5.88 Å². The number of halogens is 1. The van der Waals surface area contributed by atoms with Gasteiger partial charge in [-0.3, -0.25) is 0 Å². The van der Waals surface area contributed by atoms with Gasteiger partial charge in [0.1, 0.15) is 6.61 Å². The van der Waals surface area contributed by atoms with Gasteiger partial charge in [-0.15, -0.1) is 0 Å². The quantitative estimate of drug-likeness (QED) is 0.893. The van der Waals surface area contributed by atoms with E-state index in [-0.39, 0.29) is 0 Å². The summed E-state index contributed by atoms with van der Waals surface area (Å²) >= 11 is 5.96. The Balaban J connectivity index is 1.72. The number of piperazine rings is 1. The molecule has 2 aromatic rings. The molecule has 116 valence electrons. The number of nitrogens with two attached hydrogens (primary N) is 1. The molecule has 0 bridgehead atoms. The highest BCUT2D eigenvalue weighted by Crippen LogP contribution is 2.22. The average Bonchev–Trinajstić information content (AvgIpc) is 2.55. The fraction of sp³-hybridized carbons (Fsp3) is 0.333. The maximum Gasteiger partial charge on any atom is 0.259 e. The molecule has 0 saturated carbocycles. The molecule has 0 radical (unpaired) electrons. The van der Waals surface area contributed by atoms with Gasteiger partial charge in [0.05, 0.1) is 6.20 Å². The zero-order valence-corrected chi connectivity index (χ0v) is 12.9. The van der Waals surface area contributed by atoms with Crippen LogP contribution in [0, 0.1) is 0 Å². The van der Waals surface area contributed by atoms with Gasteiger partial charge in [-0.05, 0) is 17.7 Å². The van der Waals surface area contributed by atoms with E-state index >= 15 is 0 Å². The predicted octanol–water partition coefficient (Wildman–Crippen LogP) is 1.70. The Bertz CT molecular complexity index is 646. The first-order chi connectivity index (χ1) is 10.7. The number of nitrogens with zero attached hydrogens (tertiary/aromatic N) is 3. The number of hydrogen-bond acceptors (Lipinski definition) is 6. The summed E-state index contributed by atoms with van der Waals surface area (Å²) in [6, 6.07) is 7.50. The van der Waals surface area contributed by atoms with Gasteiger partial charge in [-0.2, -0.15) is 4.98 Å². The molecule has 3 N–H and O–H groups in total. The Morgan fingerprint density at radius 1 is 1.32 bits per heavy atom. The molecule has 2 heterocycles. The molecule has 1 saturated heterocycles. The molecule has 6 nitrogen and oxygen atoms in total. The molecule has 1 aromatic heterocycles. The monoisotopic (exact) mass is 319 g/mol. The molecule has 3 rings (SSSR count). The summed E-state index contributed by atoms with van der Waals surface area (Å²) < 4.78 is 5.71. The van der Waals surface area contributed by atoms with Crippen molar-refractivity contribution in [3.05, 3.63) is 41.0 Å². The van der Waals surface area contributed by atoms with Gasteiger partial charge in [0.25, 0.3) is 5.88 Å². The number of rotatable bonds is 4. The van der Waals surface area contributed by atoms with Crippen LogP contribution in [0.4, 0.5) is 11.6 Å².